The Bertz CT molecular complexity index is 797. The lowest BCUT2D eigenvalue weighted by molar-refractivity contribution is 0.186. The highest BCUT2D eigenvalue weighted by Gasteiger charge is 2.21. The van der Waals surface area contributed by atoms with E-state index in [1.165, 1.54) is 22.2 Å². The fourth-order valence-corrected chi connectivity index (χ4v) is 4.75. The predicted molar refractivity (Wildman–Crippen MR) is 96.5 cm³/mol. The lowest BCUT2D eigenvalue weighted by Crippen LogP contribution is -2.16. The van der Waals surface area contributed by atoms with Crippen LogP contribution in [0.2, 0.25) is 0 Å². The molecule has 2 heterocycles. The van der Waals surface area contributed by atoms with Gasteiger partial charge in [0.25, 0.3) is 5.56 Å². The number of aromatic nitrogens is 2. The van der Waals surface area contributed by atoms with Gasteiger partial charge in [-0.3, -0.25) is 9.79 Å². The maximum absolute atomic E-state index is 12.4. The highest BCUT2D eigenvalue weighted by molar-refractivity contribution is 8.13. The summed E-state index contributed by atoms with van der Waals surface area (Å²) in [7, 11) is 1.64. The summed E-state index contributed by atoms with van der Waals surface area (Å²) in [4.78, 5) is 26.3. The summed E-state index contributed by atoms with van der Waals surface area (Å²) in [6, 6.07) is 0.0160. The Balaban J connectivity index is 1.75. The molecule has 0 saturated heterocycles. The van der Waals surface area contributed by atoms with Crippen molar-refractivity contribution in [3.63, 3.8) is 0 Å². The zero-order valence-corrected chi connectivity index (χ0v) is 14.9. The van der Waals surface area contributed by atoms with Crippen LogP contribution < -0.4 is 11.3 Å². The minimum Gasteiger partial charge on any atom is -0.382 e. The van der Waals surface area contributed by atoms with Crippen LogP contribution in [0.5, 0.6) is 0 Å². The van der Waals surface area contributed by atoms with Crippen LogP contribution in [0.3, 0.4) is 0 Å². The molecular formula is C15H20N4O2S2. The van der Waals surface area contributed by atoms with Crippen LogP contribution in [0.25, 0.3) is 10.2 Å². The first-order valence-electron chi connectivity index (χ1n) is 7.57. The molecule has 0 fully saturated rings. The number of nitrogens with zero attached hydrogens (tertiary/aromatic N) is 2. The number of ether oxygens (including phenoxy) is 1. The van der Waals surface area contributed by atoms with Gasteiger partial charge in [0, 0.05) is 12.0 Å². The van der Waals surface area contributed by atoms with Crippen LogP contribution in [0.4, 0.5) is 0 Å². The van der Waals surface area contributed by atoms with Crippen molar-refractivity contribution in [3.8, 4) is 0 Å². The standard InChI is InChI=1S/C15H20N4O2S2/c1-8(6-21-2)17-15(16)22-7-11-18-13(20)12-9-4-3-5-10(9)23-14(12)19-11/h8H,3-7H2,1-2H3,(H2,16,17)(H,18,19,20)/t8-/m1/s1. The van der Waals surface area contributed by atoms with Crippen LogP contribution >= 0.6 is 23.1 Å². The van der Waals surface area contributed by atoms with Gasteiger partial charge in [0.15, 0.2) is 5.17 Å². The summed E-state index contributed by atoms with van der Waals surface area (Å²) in [6.45, 7) is 2.47. The van der Waals surface area contributed by atoms with Crippen molar-refractivity contribution < 1.29 is 4.74 Å². The van der Waals surface area contributed by atoms with Crippen molar-refractivity contribution >= 4 is 38.5 Å². The quantitative estimate of drug-likeness (QED) is 0.634. The van der Waals surface area contributed by atoms with E-state index in [1.807, 2.05) is 6.92 Å². The minimum absolute atomic E-state index is 0.0160. The molecule has 0 aromatic carbocycles. The average molecular weight is 352 g/mol. The third-order valence-electron chi connectivity index (χ3n) is 3.74. The zero-order chi connectivity index (χ0) is 16.4. The number of amidine groups is 1. The number of nitrogens with two attached hydrogens (primary N) is 1. The Labute approximate surface area is 142 Å². The van der Waals surface area contributed by atoms with E-state index in [0.717, 1.165) is 29.5 Å². The highest BCUT2D eigenvalue weighted by atomic mass is 32.2. The number of hydrogen-bond acceptors (Lipinski definition) is 6. The van der Waals surface area contributed by atoms with Gasteiger partial charge in [-0.25, -0.2) is 4.98 Å². The third-order valence-corrected chi connectivity index (χ3v) is 5.74. The number of hydrogen-bond donors (Lipinski definition) is 2. The molecule has 3 N–H and O–H groups in total. The van der Waals surface area contributed by atoms with E-state index < -0.39 is 0 Å². The number of nitrogens with one attached hydrogen (secondary N) is 1. The van der Waals surface area contributed by atoms with Gasteiger partial charge in [-0.15, -0.1) is 11.3 Å². The molecule has 2 aromatic heterocycles. The third kappa shape index (κ3) is 3.59. The van der Waals surface area contributed by atoms with Crippen molar-refractivity contribution in [1.82, 2.24) is 9.97 Å². The molecule has 0 saturated carbocycles. The molecule has 23 heavy (non-hydrogen) atoms. The van der Waals surface area contributed by atoms with Crippen LogP contribution in [-0.2, 0) is 23.3 Å². The fourth-order valence-electron chi connectivity index (χ4n) is 2.79. The number of thiophene rings is 1. The zero-order valence-electron chi connectivity index (χ0n) is 13.2. The normalized spacial score (nSPS) is 16.0. The number of aryl methyl sites for hydroxylation is 2. The summed E-state index contributed by atoms with van der Waals surface area (Å²) in [6.07, 6.45) is 3.20. The lowest BCUT2D eigenvalue weighted by atomic mass is 10.2. The summed E-state index contributed by atoms with van der Waals surface area (Å²) in [5.41, 5.74) is 7.07. The first kappa shape index (κ1) is 16.5. The van der Waals surface area contributed by atoms with Crippen molar-refractivity contribution in [1.29, 1.82) is 0 Å². The van der Waals surface area contributed by atoms with Crippen LogP contribution in [0.1, 0.15) is 29.6 Å². The summed E-state index contributed by atoms with van der Waals surface area (Å²) >= 11 is 3.02. The van der Waals surface area contributed by atoms with Gasteiger partial charge in [-0.05, 0) is 31.7 Å². The molecule has 1 aliphatic carbocycles. The molecule has 0 unspecified atom stereocenters. The largest absolute Gasteiger partial charge is 0.382 e. The molecule has 0 bridgehead atoms. The van der Waals surface area contributed by atoms with E-state index in [4.69, 9.17) is 10.5 Å². The molecule has 3 rings (SSSR count). The van der Waals surface area contributed by atoms with Gasteiger partial charge in [0.2, 0.25) is 0 Å². The second-order valence-electron chi connectivity index (χ2n) is 5.61. The number of thioether (sulfide) groups is 1. The molecule has 8 heteroatoms. The molecule has 2 aromatic rings. The van der Waals surface area contributed by atoms with Gasteiger partial charge in [-0.1, -0.05) is 11.8 Å². The van der Waals surface area contributed by atoms with Crippen molar-refractivity contribution in [2.45, 2.75) is 38.0 Å². The minimum atomic E-state index is -0.0340. The number of rotatable bonds is 5. The second kappa shape index (κ2) is 7.02. The number of fused-ring (bicyclic) bond motifs is 3. The first-order chi connectivity index (χ1) is 11.1. The number of methoxy groups -OCH3 is 1. The average Bonchev–Trinajstić information content (AvgIpc) is 3.05. The summed E-state index contributed by atoms with van der Waals surface area (Å²) < 4.78 is 5.03. The molecule has 124 valence electrons. The van der Waals surface area contributed by atoms with E-state index in [2.05, 4.69) is 15.0 Å². The molecule has 1 aliphatic rings. The smallest absolute Gasteiger partial charge is 0.259 e. The maximum atomic E-state index is 12.4. The Hall–Kier alpha value is -1.38. The van der Waals surface area contributed by atoms with Gasteiger partial charge in [0.05, 0.1) is 23.8 Å². The maximum Gasteiger partial charge on any atom is 0.259 e. The van der Waals surface area contributed by atoms with Crippen molar-refractivity contribution in [3.05, 3.63) is 26.6 Å². The predicted octanol–water partition coefficient (Wildman–Crippen LogP) is 2.06. The first-order valence-corrected chi connectivity index (χ1v) is 9.37. The van der Waals surface area contributed by atoms with E-state index in [9.17, 15) is 4.79 Å². The molecule has 0 spiro atoms. The second-order valence-corrected chi connectivity index (χ2v) is 7.69. The monoisotopic (exact) mass is 352 g/mol. The van der Waals surface area contributed by atoms with Gasteiger partial charge in [-0.2, -0.15) is 0 Å². The SMILES string of the molecule is COC[C@@H](C)N=C(N)SCc1nc2sc3c(c2c(=O)[nH]1)CCC3. The topological polar surface area (TPSA) is 93.4 Å². The Morgan fingerprint density at radius 2 is 2.39 bits per heavy atom. The van der Waals surface area contributed by atoms with Crippen LogP contribution in [0.15, 0.2) is 9.79 Å². The van der Waals surface area contributed by atoms with E-state index in [0.29, 0.717) is 23.4 Å². The number of H-pyrrole nitrogens is 1. The van der Waals surface area contributed by atoms with Crippen LogP contribution in [-0.4, -0.2) is 34.9 Å². The van der Waals surface area contributed by atoms with Crippen molar-refractivity contribution in [2.24, 2.45) is 10.7 Å². The van der Waals surface area contributed by atoms with E-state index in [-0.39, 0.29) is 11.6 Å². The van der Waals surface area contributed by atoms with Gasteiger partial charge >= 0.3 is 0 Å². The Morgan fingerprint density at radius 3 is 3.17 bits per heavy atom. The molecule has 0 amide bonds. The highest BCUT2D eigenvalue weighted by Crippen LogP contribution is 2.34. The van der Waals surface area contributed by atoms with Crippen molar-refractivity contribution in [2.75, 3.05) is 13.7 Å². The summed E-state index contributed by atoms with van der Waals surface area (Å²) in [5.74, 6) is 1.15. The van der Waals surface area contributed by atoms with Gasteiger partial charge in [0.1, 0.15) is 10.7 Å². The molecule has 0 radical (unpaired) electrons. The van der Waals surface area contributed by atoms with E-state index in [1.54, 1.807) is 18.4 Å². The van der Waals surface area contributed by atoms with E-state index >= 15 is 0 Å². The number of aliphatic imine (C=N–C) groups is 1. The molecule has 0 aliphatic heterocycles. The van der Waals surface area contributed by atoms with Crippen LogP contribution in [0, 0.1) is 0 Å². The summed E-state index contributed by atoms with van der Waals surface area (Å²) in [5, 5.41) is 1.26. The Morgan fingerprint density at radius 1 is 1.57 bits per heavy atom. The molecule has 1 atom stereocenters. The lowest BCUT2D eigenvalue weighted by Gasteiger charge is -2.06. The molecule has 6 nitrogen and oxygen atoms in total. The Kier molecular flexibility index (Phi) is 5.03. The van der Waals surface area contributed by atoms with Gasteiger partial charge < -0.3 is 15.5 Å². The fraction of sp³-hybridized carbons (Fsp3) is 0.533. The number of aromatic amines is 1. The molecular weight excluding hydrogens is 332 g/mol.